The molecule has 0 amide bonds. The average molecular weight is 331 g/mol. The molecule has 2 aromatic rings. The van der Waals surface area contributed by atoms with Crippen LogP contribution in [-0.2, 0) is 5.88 Å². The van der Waals surface area contributed by atoms with E-state index >= 15 is 0 Å². The van der Waals surface area contributed by atoms with Crippen molar-refractivity contribution in [2.45, 2.75) is 24.8 Å². The molecule has 1 aliphatic carbocycles. The summed E-state index contributed by atoms with van der Waals surface area (Å²) in [6, 6.07) is 4.95. The van der Waals surface area contributed by atoms with E-state index in [4.69, 9.17) is 11.6 Å². The molecule has 3 rings (SSSR count). The van der Waals surface area contributed by atoms with E-state index in [1.165, 1.54) is 12.1 Å². The summed E-state index contributed by atoms with van der Waals surface area (Å²) in [5.41, 5.74) is 0.714. The lowest BCUT2D eigenvalue weighted by atomic mass is 10.2. The van der Waals surface area contributed by atoms with Crippen LogP contribution in [0.5, 0.6) is 0 Å². The fraction of sp³-hybridized carbons (Fsp3) is 0.333. The van der Waals surface area contributed by atoms with Gasteiger partial charge in [-0.3, -0.25) is 0 Å². The van der Waals surface area contributed by atoms with Crippen molar-refractivity contribution in [1.82, 2.24) is 14.8 Å². The largest absolute Gasteiger partial charge is 0.307 e. The molecule has 0 radical (unpaired) electrons. The number of alkyl halides is 1. The first-order valence-electron chi connectivity index (χ1n) is 5.66. The summed E-state index contributed by atoms with van der Waals surface area (Å²) in [6.07, 6.45) is 2.20. The van der Waals surface area contributed by atoms with Crippen LogP contribution in [0, 0.1) is 5.82 Å². The second-order valence-corrected chi connectivity index (χ2v) is 5.42. The average Bonchev–Trinajstić information content (AvgIpc) is 3.12. The Kier molecular flexibility index (Phi) is 3.11. The molecule has 0 atom stereocenters. The van der Waals surface area contributed by atoms with E-state index in [1.807, 2.05) is 4.57 Å². The summed E-state index contributed by atoms with van der Waals surface area (Å²) in [4.78, 5) is 0. The highest BCUT2D eigenvalue weighted by atomic mass is 79.9. The molecular weight excluding hydrogens is 321 g/mol. The summed E-state index contributed by atoms with van der Waals surface area (Å²) in [5, 5.41) is 8.23. The number of halogens is 3. The van der Waals surface area contributed by atoms with Crippen LogP contribution >= 0.6 is 27.5 Å². The topological polar surface area (TPSA) is 30.7 Å². The number of nitrogens with zero attached hydrogens (tertiary/aromatic N) is 3. The van der Waals surface area contributed by atoms with E-state index in [9.17, 15) is 4.39 Å². The first-order chi connectivity index (χ1) is 8.70. The fourth-order valence-electron chi connectivity index (χ4n) is 1.98. The van der Waals surface area contributed by atoms with Crippen LogP contribution in [0.2, 0.25) is 0 Å². The molecule has 0 spiro atoms. The third-order valence-electron chi connectivity index (χ3n) is 2.97. The zero-order valence-electron chi connectivity index (χ0n) is 9.41. The number of hydrogen-bond donors (Lipinski definition) is 0. The standard InChI is InChI=1S/C12H10BrClFN3/c13-10-4-1-7(15)5-9(10)12-17-16-11(6-14)18(12)8-2-3-8/h1,4-5,8H,2-3,6H2. The molecule has 1 saturated carbocycles. The molecular formula is C12H10BrClFN3. The molecule has 1 aliphatic rings. The van der Waals surface area contributed by atoms with Crippen LogP contribution in [-0.4, -0.2) is 14.8 Å². The summed E-state index contributed by atoms with van der Waals surface area (Å²) < 4.78 is 16.2. The van der Waals surface area contributed by atoms with Gasteiger partial charge in [0.15, 0.2) is 5.82 Å². The van der Waals surface area contributed by atoms with Gasteiger partial charge in [-0.15, -0.1) is 21.8 Å². The maximum absolute atomic E-state index is 13.4. The second kappa shape index (κ2) is 4.63. The Morgan fingerprint density at radius 2 is 2.17 bits per heavy atom. The van der Waals surface area contributed by atoms with Crippen LogP contribution in [0.15, 0.2) is 22.7 Å². The molecule has 1 heterocycles. The highest BCUT2D eigenvalue weighted by molar-refractivity contribution is 9.10. The van der Waals surface area contributed by atoms with Crippen LogP contribution in [0.25, 0.3) is 11.4 Å². The molecule has 3 nitrogen and oxygen atoms in total. The second-order valence-electron chi connectivity index (χ2n) is 4.30. The van der Waals surface area contributed by atoms with Gasteiger partial charge in [0.25, 0.3) is 0 Å². The molecule has 6 heteroatoms. The molecule has 0 bridgehead atoms. The summed E-state index contributed by atoms with van der Waals surface area (Å²) in [5.74, 6) is 1.45. The van der Waals surface area contributed by atoms with Crippen LogP contribution in [0.3, 0.4) is 0 Å². The van der Waals surface area contributed by atoms with Gasteiger partial charge in [0.05, 0.1) is 5.88 Å². The minimum absolute atomic E-state index is 0.286. The first-order valence-corrected chi connectivity index (χ1v) is 6.98. The Morgan fingerprint density at radius 3 is 2.83 bits per heavy atom. The SMILES string of the molecule is Fc1ccc(Br)c(-c2nnc(CCl)n2C2CC2)c1. The molecule has 18 heavy (non-hydrogen) atoms. The predicted octanol–water partition coefficient (Wildman–Crippen LogP) is 3.92. The third kappa shape index (κ3) is 2.06. The highest BCUT2D eigenvalue weighted by Gasteiger charge is 2.30. The number of benzene rings is 1. The Bertz CT molecular complexity index is 595. The van der Waals surface area contributed by atoms with Crippen molar-refractivity contribution in [2.24, 2.45) is 0 Å². The molecule has 0 aliphatic heterocycles. The van der Waals surface area contributed by atoms with Gasteiger partial charge in [-0.05, 0) is 31.0 Å². The quantitative estimate of drug-likeness (QED) is 0.799. The van der Waals surface area contributed by atoms with Crippen LogP contribution in [0.4, 0.5) is 4.39 Å². The fourth-order valence-corrected chi connectivity index (χ4v) is 2.59. The van der Waals surface area contributed by atoms with E-state index in [-0.39, 0.29) is 5.82 Å². The van der Waals surface area contributed by atoms with Crippen molar-refractivity contribution in [1.29, 1.82) is 0 Å². The van der Waals surface area contributed by atoms with E-state index in [0.717, 1.165) is 23.1 Å². The van der Waals surface area contributed by atoms with Gasteiger partial charge in [0.2, 0.25) is 0 Å². The Hall–Kier alpha value is -0.940. The molecule has 1 aromatic heterocycles. The minimum atomic E-state index is -0.286. The van der Waals surface area contributed by atoms with Gasteiger partial charge >= 0.3 is 0 Å². The Labute approximate surface area is 117 Å². The van der Waals surface area contributed by atoms with Crippen molar-refractivity contribution in [2.75, 3.05) is 0 Å². The van der Waals surface area contributed by atoms with Crippen molar-refractivity contribution in [3.8, 4) is 11.4 Å². The molecule has 0 saturated heterocycles. The maximum atomic E-state index is 13.4. The van der Waals surface area contributed by atoms with E-state index in [0.29, 0.717) is 23.3 Å². The molecule has 0 N–H and O–H groups in total. The van der Waals surface area contributed by atoms with Gasteiger partial charge in [-0.2, -0.15) is 0 Å². The minimum Gasteiger partial charge on any atom is -0.307 e. The van der Waals surface area contributed by atoms with Gasteiger partial charge in [0.1, 0.15) is 11.6 Å². The van der Waals surface area contributed by atoms with E-state index in [2.05, 4.69) is 26.1 Å². The molecule has 94 valence electrons. The third-order valence-corrected chi connectivity index (χ3v) is 3.90. The molecule has 1 fully saturated rings. The summed E-state index contributed by atoms with van der Waals surface area (Å²) >= 11 is 9.29. The van der Waals surface area contributed by atoms with E-state index < -0.39 is 0 Å². The van der Waals surface area contributed by atoms with Gasteiger partial charge in [-0.25, -0.2) is 4.39 Å². The normalized spacial score (nSPS) is 15.1. The van der Waals surface area contributed by atoms with E-state index in [1.54, 1.807) is 6.07 Å². The van der Waals surface area contributed by atoms with Crippen molar-refractivity contribution < 1.29 is 4.39 Å². The highest BCUT2D eigenvalue weighted by Crippen LogP contribution is 2.40. The van der Waals surface area contributed by atoms with Gasteiger partial charge < -0.3 is 4.57 Å². The van der Waals surface area contributed by atoms with Crippen LogP contribution < -0.4 is 0 Å². The lowest BCUT2D eigenvalue weighted by Crippen LogP contribution is -2.02. The van der Waals surface area contributed by atoms with Crippen LogP contribution in [0.1, 0.15) is 24.7 Å². The maximum Gasteiger partial charge on any atom is 0.165 e. The van der Waals surface area contributed by atoms with Crippen molar-refractivity contribution in [3.05, 3.63) is 34.3 Å². The molecule has 0 unspecified atom stereocenters. The monoisotopic (exact) mass is 329 g/mol. The lowest BCUT2D eigenvalue weighted by Gasteiger charge is -2.09. The zero-order valence-corrected chi connectivity index (χ0v) is 11.7. The first kappa shape index (κ1) is 12.1. The van der Waals surface area contributed by atoms with Crippen molar-refractivity contribution in [3.63, 3.8) is 0 Å². The number of rotatable bonds is 3. The van der Waals surface area contributed by atoms with Gasteiger partial charge in [0, 0.05) is 16.1 Å². The predicted molar refractivity (Wildman–Crippen MR) is 70.9 cm³/mol. The lowest BCUT2D eigenvalue weighted by molar-refractivity contribution is 0.627. The van der Waals surface area contributed by atoms with Gasteiger partial charge in [-0.1, -0.05) is 15.9 Å². The summed E-state index contributed by atoms with van der Waals surface area (Å²) in [6.45, 7) is 0. The number of hydrogen-bond acceptors (Lipinski definition) is 2. The smallest absolute Gasteiger partial charge is 0.165 e. The Balaban J connectivity index is 2.16. The number of aromatic nitrogens is 3. The Morgan fingerprint density at radius 1 is 1.39 bits per heavy atom. The van der Waals surface area contributed by atoms with Crippen molar-refractivity contribution >= 4 is 27.5 Å². The molecule has 1 aromatic carbocycles. The summed E-state index contributed by atoms with van der Waals surface area (Å²) in [7, 11) is 0. The zero-order chi connectivity index (χ0) is 12.7.